The molecule has 0 saturated heterocycles. The molecular formula is C18H28BrNO. The molecule has 0 aliphatic heterocycles. The third-order valence-corrected chi connectivity index (χ3v) is 4.96. The highest BCUT2D eigenvalue weighted by atomic mass is 79.9. The molecule has 3 heteroatoms. The Balaban J connectivity index is 2.08. The molecule has 1 aliphatic rings. The van der Waals surface area contributed by atoms with Crippen LogP contribution in [-0.4, -0.2) is 13.2 Å². The number of hydrogen-bond acceptors (Lipinski definition) is 2. The van der Waals surface area contributed by atoms with Gasteiger partial charge in [0.15, 0.2) is 0 Å². The maximum absolute atomic E-state index is 5.62. The average Bonchev–Trinajstić information content (AvgIpc) is 2.99. The maximum atomic E-state index is 5.62. The molecule has 1 aliphatic carbocycles. The first-order valence-electron chi connectivity index (χ1n) is 8.40. The topological polar surface area (TPSA) is 21.3 Å². The molecule has 0 heterocycles. The predicted molar refractivity (Wildman–Crippen MR) is 92.9 cm³/mol. The number of hydrogen-bond donors (Lipinski definition) is 1. The number of ether oxygens (including phenoxy) is 1. The molecule has 2 nitrogen and oxygen atoms in total. The zero-order valence-electron chi connectivity index (χ0n) is 13.3. The Kier molecular flexibility index (Phi) is 7.05. The minimum absolute atomic E-state index is 0.472. The van der Waals surface area contributed by atoms with E-state index in [2.05, 4.69) is 46.4 Å². The van der Waals surface area contributed by atoms with Gasteiger partial charge < -0.3 is 10.1 Å². The van der Waals surface area contributed by atoms with E-state index in [1.165, 1.54) is 44.1 Å². The standard InChI is InChI=1S/C18H28BrNO/c1-3-11-20-17(12-14-7-5-6-8-14)15-9-10-18(21-4-2)16(19)13-15/h9-10,13-14,17,20H,3-8,11-12H2,1-2H3. The quantitative estimate of drug-likeness (QED) is 0.668. The second-order valence-electron chi connectivity index (χ2n) is 6.02. The molecule has 1 aromatic carbocycles. The summed E-state index contributed by atoms with van der Waals surface area (Å²) in [6.07, 6.45) is 8.08. The van der Waals surface area contributed by atoms with Crippen LogP contribution in [0.3, 0.4) is 0 Å². The molecular weight excluding hydrogens is 326 g/mol. The Hall–Kier alpha value is -0.540. The van der Waals surface area contributed by atoms with Gasteiger partial charge in [-0.3, -0.25) is 0 Å². The number of rotatable bonds is 8. The van der Waals surface area contributed by atoms with Gasteiger partial charge >= 0.3 is 0 Å². The SMILES string of the molecule is CCCNC(CC1CCCC1)c1ccc(OCC)c(Br)c1. The van der Waals surface area contributed by atoms with Crippen molar-refractivity contribution >= 4 is 15.9 Å². The van der Waals surface area contributed by atoms with Gasteiger partial charge in [0.25, 0.3) is 0 Å². The van der Waals surface area contributed by atoms with Crippen LogP contribution < -0.4 is 10.1 Å². The summed E-state index contributed by atoms with van der Waals surface area (Å²) in [5.74, 6) is 1.83. The third-order valence-electron chi connectivity index (χ3n) is 4.34. The van der Waals surface area contributed by atoms with E-state index in [9.17, 15) is 0 Å². The van der Waals surface area contributed by atoms with Crippen LogP contribution >= 0.6 is 15.9 Å². The molecule has 1 saturated carbocycles. The molecule has 0 amide bonds. The molecule has 0 aromatic heterocycles. The van der Waals surface area contributed by atoms with Crippen molar-refractivity contribution in [2.45, 2.75) is 58.4 Å². The molecule has 1 unspecified atom stereocenters. The van der Waals surface area contributed by atoms with Gasteiger partial charge in [-0.2, -0.15) is 0 Å². The summed E-state index contributed by atoms with van der Waals surface area (Å²) < 4.78 is 6.68. The molecule has 1 atom stereocenters. The van der Waals surface area contributed by atoms with Crippen LogP contribution in [0.5, 0.6) is 5.75 Å². The van der Waals surface area contributed by atoms with E-state index in [0.717, 1.165) is 22.7 Å². The monoisotopic (exact) mass is 353 g/mol. The van der Waals surface area contributed by atoms with Crippen LogP contribution in [0, 0.1) is 5.92 Å². The highest BCUT2D eigenvalue weighted by Crippen LogP contribution is 2.35. The van der Waals surface area contributed by atoms with E-state index in [-0.39, 0.29) is 0 Å². The van der Waals surface area contributed by atoms with Crippen molar-refractivity contribution in [3.63, 3.8) is 0 Å². The molecule has 0 bridgehead atoms. The predicted octanol–water partition coefficient (Wildman–Crippen LogP) is 5.47. The molecule has 1 fully saturated rings. The molecule has 2 rings (SSSR count). The van der Waals surface area contributed by atoms with E-state index in [1.807, 2.05) is 6.92 Å². The summed E-state index contributed by atoms with van der Waals surface area (Å²) in [5.41, 5.74) is 1.38. The fraction of sp³-hybridized carbons (Fsp3) is 0.667. The van der Waals surface area contributed by atoms with Crippen LogP contribution in [0.2, 0.25) is 0 Å². The summed E-state index contributed by atoms with van der Waals surface area (Å²) >= 11 is 3.64. The van der Waals surface area contributed by atoms with Crippen LogP contribution in [0.1, 0.15) is 64.0 Å². The Morgan fingerprint density at radius 2 is 2.05 bits per heavy atom. The van der Waals surface area contributed by atoms with Gasteiger partial charge in [-0.25, -0.2) is 0 Å². The number of benzene rings is 1. The van der Waals surface area contributed by atoms with Gasteiger partial charge in [-0.1, -0.05) is 38.7 Å². The lowest BCUT2D eigenvalue weighted by molar-refractivity contribution is 0.337. The van der Waals surface area contributed by atoms with E-state index in [1.54, 1.807) is 0 Å². The van der Waals surface area contributed by atoms with Gasteiger partial charge in [0.05, 0.1) is 11.1 Å². The first-order valence-corrected chi connectivity index (χ1v) is 9.19. The zero-order chi connectivity index (χ0) is 15.1. The van der Waals surface area contributed by atoms with Crippen molar-refractivity contribution in [1.82, 2.24) is 5.32 Å². The molecule has 0 spiro atoms. The largest absolute Gasteiger partial charge is 0.493 e. The second-order valence-corrected chi connectivity index (χ2v) is 6.87. The second kappa shape index (κ2) is 8.79. The Morgan fingerprint density at radius 1 is 1.29 bits per heavy atom. The van der Waals surface area contributed by atoms with E-state index in [0.29, 0.717) is 12.6 Å². The summed E-state index contributed by atoms with van der Waals surface area (Å²) in [7, 11) is 0. The van der Waals surface area contributed by atoms with Crippen molar-refractivity contribution in [2.24, 2.45) is 5.92 Å². The van der Waals surface area contributed by atoms with E-state index < -0.39 is 0 Å². The molecule has 21 heavy (non-hydrogen) atoms. The van der Waals surface area contributed by atoms with Crippen LogP contribution in [-0.2, 0) is 0 Å². The van der Waals surface area contributed by atoms with Crippen LogP contribution in [0.15, 0.2) is 22.7 Å². The molecule has 1 aromatic rings. The van der Waals surface area contributed by atoms with Crippen molar-refractivity contribution in [3.05, 3.63) is 28.2 Å². The molecule has 118 valence electrons. The minimum Gasteiger partial charge on any atom is -0.493 e. The average molecular weight is 354 g/mol. The Labute approximate surface area is 137 Å². The van der Waals surface area contributed by atoms with Crippen molar-refractivity contribution < 1.29 is 4.74 Å². The first kappa shape index (κ1) is 16.8. The lowest BCUT2D eigenvalue weighted by Gasteiger charge is -2.23. The molecule has 0 radical (unpaired) electrons. The van der Waals surface area contributed by atoms with Crippen molar-refractivity contribution in [2.75, 3.05) is 13.2 Å². The van der Waals surface area contributed by atoms with Gasteiger partial charge in [-0.05, 0) is 65.9 Å². The Morgan fingerprint density at radius 3 is 2.67 bits per heavy atom. The summed E-state index contributed by atoms with van der Waals surface area (Å²) in [6.45, 7) is 6.04. The first-order chi connectivity index (χ1) is 10.2. The number of halogens is 1. The van der Waals surface area contributed by atoms with E-state index >= 15 is 0 Å². The summed E-state index contributed by atoms with van der Waals surface area (Å²) in [6, 6.07) is 7.02. The third kappa shape index (κ3) is 5.00. The highest BCUT2D eigenvalue weighted by molar-refractivity contribution is 9.10. The normalized spacial score (nSPS) is 17.1. The lowest BCUT2D eigenvalue weighted by Crippen LogP contribution is -2.24. The summed E-state index contributed by atoms with van der Waals surface area (Å²) in [5, 5.41) is 3.73. The van der Waals surface area contributed by atoms with Gasteiger partial charge in [0.2, 0.25) is 0 Å². The van der Waals surface area contributed by atoms with Gasteiger partial charge in [0.1, 0.15) is 5.75 Å². The smallest absolute Gasteiger partial charge is 0.133 e. The van der Waals surface area contributed by atoms with E-state index in [4.69, 9.17) is 4.74 Å². The highest BCUT2D eigenvalue weighted by Gasteiger charge is 2.21. The molecule has 1 N–H and O–H groups in total. The van der Waals surface area contributed by atoms with Crippen LogP contribution in [0.4, 0.5) is 0 Å². The van der Waals surface area contributed by atoms with Crippen LogP contribution in [0.25, 0.3) is 0 Å². The fourth-order valence-corrected chi connectivity index (χ4v) is 3.75. The number of nitrogens with one attached hydrogen (secondary N) is 1. The van der Waals surface area contributed by atoms with Gasteiger partial charge in [0, 0.05) is 6.04 Å². The lowest BCUT2D eigenvalue weighted by atomic mass is 9.93. The fourth-order valence-electron chi connectivity index (χ4n) is 3.24. The maximum Gasteiger partial charge on any atom is 0.133 e. The van der Waals surface area contributed by atoms with Gasteiger partial charge in [-0.15, -0.1) is 0 Å². The minimum atomic E-state index is 0.472. The van der Waals surface area contributed by atoms with Crippen molar-refractivity contribution in [1.29, 1.82) is 0 Å². The summed E-state index contributed by atoms with van der Waals surface area (Å²) in [4.78, 5) is 0. The van der Waals surface area contributed by atoms with Crippen molar-refractivity contribution in [3.8, 4) is 5.75 Å². The Bertz CT molecular complexity index is 429. The zero-order valence-corrected chi connectivity index (χ0v) is 14.9.